The van der Waals surface area contributed by atoms with Crippen LogP contribution in [-0.4, -0.2) is 52.4 Å². The van der Waals surface area contributed by atoms with E-state index in [0.29, 0.717) is 25.4 Å². The summed E-state index contributed by atoms with van der Waals surface area (Å²) < 4.78 is 11.2. The van der Waals surface area contributed by atoms with Gasteiger partial charge in [0.15, 0.2) is 0 Å². The van der Waals surface area contributed by atoms with E-state index >= 15 is 0 Å². The molecule has 1 saturated heterocycles. The van der Waals surface area contributed by atoms with Gasteiger partial charge in [-0.1, -0.05) is 17.7 Å². The Labute approximate surface area is 147 Å². The summed E-state index contributed by atoms with van der Waals surface area (Å²) in [4.78, 5) is 18.7. The second-order valence-corrected chi connectivity index (χ2v) is 6.39. The van der Waals surface area contributed by atoms with Gasteiger partial charge in [-0.15, -0.1) is 0 Å². The summed E-state index contributed by atoms with van der Waals surface area (Å²) in [6.45, 7) is 4.96. The van der Waals surface area contributed by atoms with Gasteiger partial charge >= 0.3 is 0 Å². The van der Waals surface area contributed by atoms with Crippen LogP contribution < -0.4 is 4.74 Å². The second kappa shape index (κ2) is 7.65. The van der Waals surface area contributed by atoms with Gasteiger partial charge in [0, 0.05) is 20.1 Å². The van der Waals surface area contributed by atoms with Gasteiger partial charge in [-0.25, -0.2) is 4.98 Å². The van der Waals surface area contributed by atoms with Gasteiger partial charge in [0.2, 0.25) is 5.91 Å². The van der Waals surface area contributed by atoms with Crippen molar-refractivity contribution >= 4 is 5.91 Å². The van der Waals surface area contributed by atoms with E-state index in [0.717, 1.165) is 17.7 Å². The Morgan fingerprint density at radius 1 is 1.40 bits per heavy atom. The molecule has 25 heavy (non-hydrogen) atoms. The van der Waals surface area contributed by atoms with E-state index in [4.69, 9.17) is 9.47 Å². The fourth-order valence-electron chi connectivity index (χ4n) is 3.23. The number of carbonyl (C=O) groups is 1. The maximum atomic E-state index is 12.7. The smallest absolute Gasteiger partial charge is 0.226 e. The maximum absolute atomic E-state index is 12.7. The van der Waals surface area contributed by atoms with Gasteiger partial charge in [0.25, 0.3) is 0 Å². The number of amides is 1. The van der Waals surface area contributed by atoms with E-state index in [1.165, 1.54) is 11.9 Å². The zero-order valence-corrected chi connectivity index (χ0v) is 14.9. The first-order valence-electron chi connectivity index (χ1n) is 8.46. The van der Waals surface area contributed by atoms with Crippen LogP contribution >= 0.6 is 0 Å². The van der Waals surface area contributed by atoms with Crippen LogP contribution in [-0.2, 0) is 9.53 Å². The standard InChI is InChI=1S/C18H24N4O3/c1-12-4-5-16(13(2)8-12)25-7-6-17(23)22-10-14(24-3)9-15(22)18-19-11-20-21-18/h4-5,8,11,14-15H,6-7,9-10H2,1-3H3,(H,19,20,21)/t14-,15+/m1/s1. The molecule has 0 aliphatic carbocycles. The number of aromatic nitrogens is 3. The first-order chi connectivity index (χ1) is 12.1. The van der Waals surface area contributed by atoms with E-state index in [1.807, 2.05) is 26.0 Å². The highest BCUT2D eigenvalue weighted by Gasteiger charge is 2.37. The third kappa shape index (κ3) is 3.99. The van der Waals surface area contributed by atoms with E-state index < -0.39 is 0 Å². The average Bonchev–Trinajstić information content (AvgIpc) is 3.25. The average molecular weight is 344 g/mol. The number of rotatable bonds is 6. The number of nitrogens with zero attached hydrogens (tertiary/aromatic N) is 3. The van der Waals surface area contributed by atoms with E-state index in [9.17, 15) is 4.79 Å². The Balaban J connectivity index is 1.59. The molecular weight excluding hydrogens is 320 g/mol. The molecule has 0 unspecified atom stereocenters. The Kier molecular flexibility index (Phi) is 5.33. The van der Waals surface area contributed by atoms with Crippen LogP contribution in [0, 0.1) is 13.8 Å². The van der Waals surface area contributed by atoms with Crippen LogP contribution in [0.1, 0.15) is 35.8 Å². The van der Waals surface area contributed by atoms with Gasteiger partial charge in [0.05, 0.1) is 25.2 Å². The molecule has 0 saturated carbocycles. The highest BCUT2D eigenvalue weighted by molar-refractivity contribution is 5.77. The third-order valence-electron chi connectivity index (χ3n) is 4.57. The summed E-state index contributed by atoms with van der Waals surface area (Å²) in [5.41, 5.74) is 2.27. The van der Waals surface area contributed by atoms with Crippen molar-refractivity contribution in [3.8, 4) is 5.75 Å². The van der Waals surface area contributed by atoms with Crippen LogP contribution in [0.4, 0.5) is 0 Å². The molecule has 7 nitrogen and oxygen atoms in total. The molecule has 1 aliphatic rings. The van der Waals surface area contributed by atoms with Crippen LogP contribution in [0.5, 0.6) is 5.75 Å². The van der Waals surface area contributed by atoms with Gasteiger partial charge < -0.3 is 14.4 Å². The first kappa shape index (κ1) is 17.4. The van der Waals surface area contributed by atoms with Crippen molar-refractivity contribution in [3.05, 3.63) is 41.5 Å². The van der Waals surface area contributed by atoms with Crippen molar-refractivity contribution in [1.29, 1.82) is 0 Å². The molecule has 0 bridgehead atoms. The van der Waals surface area contributed by atoms with E-state index in [2.05, 4.69) is 21.2 Å². The lowest BCUT2D eigenvalue weighted by Crippen LogP contribution is -2.33. The molecule has 2 atom stereocenters. The summed E-state index contributed by atoms with van der Waals surface area (Å²) >= 11 is 0. The van der Waals surface area contributed by atoms with Gasteiger partial charge in [-0.05, 0) is 25.5 Å². The summed E-state index contributed by atoms with van der Waals surface area (Å²) in [6, 6.07) is 5.90. The Hall–Kier alpha value is -2.41. The highest BCUT2D eigenvalue weighted by atomic mass is 16.5. The number of H-pyrrole nitrogens is 1. The number of likely N-dealkylation sites (tertiary alicyclic amines) is 1. The van der Waals surface area contributed by atoms with Crippen molar-refractivity contribution in [1.82, 2.24) is 20.1 Å². The minimum Gasteiger partial charge on any atom is -0.493 e. The number of ether oxygens (including phenoxy) is 2. The monoisotopic (exact) mass is 344 g/mol. The first-order valence-corrected chi connectivity index (χ1v) is 8.46. The molecule has 2 heterocycles. The summed E-state index contributed by atoms with van der Waals surface area (Å²) in [5.74, 6) is 1.55. The fourth-order valence-corrected chi connectivity index (χ4v) is 3.23. The van der Waals surface area contributed by atoms with Crippen molar-refractivity contribution in [2.24, 2.45) is 0 Å². The molecule has 134 valence electrons. The summed E-state index contributed by atoms with van der Waals surface area (Å²) in [7, 11) is 1.67. The number of hydrogen-bond donors (Lipinski definition) is 1. The van der Waals surface area contributed by atoms with Crippen molar-refractivity contribution < 1.29 is 14.3 Å². The minimum atomic E-state index is -0.124. The Morgan fingerprint density at radius 3 is 2.92 bits per heavy atom. The molecule has 3 rings (SSSR count). The number of carbonyl (C=O) groups excluding carboxylic acids is 1. The van der Waals surface area contributed by atoms with Gasteiger partial charge in [0.1, 0.15) is 17.9 Å². The zero-order chi connectivity index (χ0) is 17.8. The maximum Gasteiger partial charge on any atom is 0.226 e. The molecule has 0 spiro atoms. The lowest BCUT2D eigenvalue weighted by Gasteiger charge is -2.22. The molecule has 1 N–H and O–H groups in total. The van der Waals surface area contributed by atoms with E-state index in [-0.39, 0.29) is 18.1 Å². The zero-order valence-electron chi connectivity index (χ0n) is 14.9. The lowest BCUT2D eigenvalue weighted by molar-refractivity contribution is -0.133. The molecule has 2 aromatic rings. The van der Waals surface area contributed by atoms with Crippen molar-refractivity contribution in [2.45, 2.75) is 38.8 Å². The number of benzene rings is 1. The summed E-state index contributed by atoms with van der Waals surface area (Å²) in [5, 5.41) is 6.75. The molecular formula is C18H24N4O3. The predicted octanol–water partition coefficient (Wildman–Crippen LogP) is 2.18. The molecule has 7 heteroatoms. The number of methoxy groups -OCH3 is 1. The van der Waals surface area contributed by atoms with Crippen molar-refractivity contribution in [3.63, 3.8) is 0 Å². The second-order valence-electron chi connectivity index (χ2n) is 6.39. The molecule has 1 fully saturated rings. The van der Waals surface area contributed by atoms with E-state index in [1.54, 1.807) is 12.0 Å². The predicted molar refractivity (Wildman–Crippen MR) is 92.3 cm³/mol. The number of aromatic amines is 1. The topological polar surface area (TPSA) is 80.3 Å². The lowest BCUT2D eigenvalue weighted by atomic mass is 10.1. The third-order valence-corrected chi connectivity index (χ3v) is 4.57. The van der Waals surface area contributed by atoms with Crippen molar-refractivity contribution in [2.75, 3.05) is 20.3 Å². The highest BCUT2D eigenvalue weighted by Crippen LogP contribution is 2.31. The van der Waals surface area contributed by atoms with Crippen LogP contribution in [0.15, 0.2) is 24.5 Å². The minimum absolute atomic E-state index is 0.0133. The fraction of sp³-hybridized carbons (Fsp3) is 0.500. The summed E-state index contributed by atoms with van der Waals surface area (Å²) in [6.07, 6.45) is 2.50. The molecule has 1 amide bonds. The number of nitrogens with one attached hydrogen (secondary N) is 1. The van der Waals surface area contributed by atoms with Crippen LogP contribution in [0.2, 0.25) is 0 Å². The molecule has 1 aromatic heterocycles. The Bertz CT molecular complexity index is 717. The van der Waals surface area contributed by atoms with Crippen LogP contribution in [0.3, 0.4) is 0 Å². The molecule has 1 aliphatic heterocycles. The number of aryl methyl sites for hydroxylation is 2. The number of hydrogen-bond acceptors (Lipinski definition) is 5. The van der Waals surface area contributed by atoms with Gasteiger partial charge in [-0.2, -0.15) is 5.10 Å². The Morgan fingerprint density at radius 2 is 2.24 bits per heavy atom. The largest absolute Gasteiger partial charge is 0.493 e. The normalized spacial score (nSPS) is 20.0. The quantitative estimate of drug-likeness (QED) is 0.869. The SMILES string of the molecule is CO[C@@H]1C[C@@H](c2ncn[nH]2)N(C(=O)CCOc2ccc(C)cc2C)C1. The van der Waals surface area contributed by atoms with Crippen LogP contribution in [0.25, 0.3) is 0 Å². The molecule has 0 radical (unpaired) electrons. The van der Waals surface area contributed by atoms with Gasteiger partial charge in [-0.3, -0.25) is 9.89 Å². The molecule has 1 aromatic carbocycles.